The molecule has 0 unspecified atom stereocenters. The summed E-state index contributed by atoms with van der Waals surface area (Å²) in [5.41, 5.74) is 1.96. The summed E-state index contributed by atoms with van der Waals surface area (Å²) < 4.78 is 0. The molecule has 0 bridgehead atoms. The first kappa shape index (κ1) is 12.4. The lowest BCUT2D eigenvalue weighted by Crippen LogP contribution is -1.99. The van der Waals surface area contributed by atoms with Crippen molar-refractivity contribution in [1.82, 2.24) is 4.98 Å². The summed E-state index contributed by atoms with van der Waals surface area (Å²) >= 11 is 6.04. The molecule has 0 aliphatic carbocycles. The fraction of sp³-hybridized carbons (Fsp3) is 0.0769. The van der Waals surface area contributed by atoms with E-state index in [1.165, 1.54) is 12.3 Å². The van der Waals surface area contributed by atoms with Crippen LogP contribution >= 0.6 is 11.6 Å². The lowest BCUT2D eigenvalue weighted by molar-refractivity contribution is 0.0696. The monoisotopic (exact) mass is 262 g/mol. The lowest BCUT2D eigenvalue weighted by atomic mass is 10.2. The molecule has 92 valence electrons. The molecule has 0 fully saturated rings. The third-order valence-corrected chi connectivity index (χ3v) is 2.72. The number of nitrogens with zero attached hydrogens (tertiary/aromatic N) is 1. The number of hydrogen-bond acceptors (Lipinski definition) is 3. The Morgan fingerprint density at radius 1 is 1.33 bits per heavy atom. The minimum atomic E-state index is -0.998. The first-order valence-corrected chi connectivity index (χ1v) is 5.66. The van der Waals surface area contributed by atoms with Gasteiger partial charge >= 0.3 is 5.97 Å². The number of carbonyl (C=O) groups is 1. The molecule has 0 radical (unpaired) electrons. The fourth-order valence-electron chi connectivity index (χ4n) is 1.47. The molecule has 2 rings (SSSR count). The van der Waals surface area contributed by atoms with Crippen LogP contribution < -0.4 is 5.32 Å². The van der Waals surface area contributed by atoms with Gasteiger partial charge < -0.3 is 10.4 Å². The topological polar surface area (TPSA) is 62.2 Å². The van der Waals surface area contributed by atoms with Gasteiger partial charge in [0.1, 0.15) is 5.82 Å². The van der Waals surface area contributed by atoms with Crippen LogP contribution in [0.15, 0.2) is 36.5 Å². The molecule has 1 aromatic carbocycles. The van der Waals surface area contributed by atoms with E-state index in [0.29, 0.717) is 10.8 Å². The third-order valence-electron chi connectivity index (χ3n) is 2.40. The maximum atomic E-state index is 10.7. The van der Waals surface area contributed by atoms with E-state index in [-0.39, 0.29) is 5.56 Å². The fourth-order valence-corrected chi connectivity index (χ4v) is 1.63. The van der Waals surface area contributed by atoms with E-state index in [0.717, 1.165) is 11.3 Å². The summed E-state index contributed by atoms with van der Waals surface area (Å²) in [5.74, 6) is -0.449. The van der Waals surface area contributed by atoms with E-state index in [9.17, 15) is 4.79 Å². The lowest BCUT2D eigenvalue weighted by Gasteiger charge is -2.08. The molecule has 4 nitrogen and oxygen atoms in total. The van der Waals surface area contributed by atoms with Crippen LogP contribution in [0, 0.1) is 6.92 Å². The van der Waals surface area contributed by atoms with Gasteiger partial charge in [-0.25, -0.2) is 9.78 Å². The highest BCUT2D eigenvalue weighted by Crippen LogP contribution is 2.25. The number of benzene rings is 1. The molecule has 5 heteroatoms. The molecule has 0 saturated carbocycles. The molecule has 1 heterocycles. The number of rotatable bonds is 3. The van der Waals surface area contributed by atoms with E-state index in [1.54, 1.807) is 12.1 Å². The first-order chi connectivity index (χ1) is 8.56. The average molecular weight is 263 g/mol. The van der Waals surface area contributed by atoms with Gasteiger partial charge in [0.25, 0.3) is 0 Å². The van der Waals surface area contributed by atoms with Gasteiger partial charge in [-0.1, -0.05) is 17.7 Å². The van der Waals surface area contributed by atoms with E-state index >= 15 is 0 Å². The molecule has 0 spiro atoms. The van der Waals surface area contributed by atoms with Crippen LogP contribution in [0.2, 0.25) is 5.02 Å². The molecule has 0 aliphatic rings. The van der Waals surface area contributed by atoms with E-state index in [4.69, 9.17) is 16.7 Å². The summed E-state index contributed by atoms with van der Waals surface area (Å²) in [6.45, 7) is 1.96. The van der Waals surface area contributed by atoms with Gasteiger partial charge in [0.2, 0.25) is 0 Å². The number of halogens is 1. The molecule has 18 heavy (non-hydrogen) atoms. The molecular weight excluding hydrogens is 252 g/mol. The Balaban J connectivity index is 2.23. The van der Waals surface area contributed by atoms with Gasteiger partial charge in [0.15, 0.2) is 0 Å². The summed E-state index contributed by atoms with van der Waals surface area (Å²) in [4.78, 5) is 14.7. The van der Waals surface area contributed by atoms with Crippen LogP contribution in [-0.2, 0) is 0 Å². The van der Waals surface area contributed by atoms with Crippen LogP contribution in [0.4, 0.5) is 11.5 Å². The minimum Gasteiger partial charge on any atom is -0.478 e. The van der Waals surface area contributed by atoms with E-state index in [1.807, 2.05) is 19.1 Å². The molecule has 2 N–H and O–H groups in total. The highest BCUT2D eigenvalue weighted by molar-refractivity contribution is 6.33. The number of anilines is 2. The maximum Gasteiger partial charge on any atom is 0.337 e. The number of aromatic carboxylic acids is 1. The summed E-state index contributed by atoms with van der Waals surface area (Å²) in [6, 6.07) is 8.69. The first-order valence-electron chi connectivity index (χ1n) is 5.29. The number of carboxylic acid groups (broad SMARTS) is 1. The predicted molar refractivity (Wildman–Crippen MR) is 70.7 cm³/mol. The SMILES string of the molecule is Cc1ccc(Cl)c(Nc2ccc(C(=O)O)cn2)c1. The zero-order valence-corrected chi connectivity index (χ0v) is 10.4. The smallest absolute Gasteiger partial charge is 0.337 e. The molecule has 0 saturated heterocycles. The van der Waals surface area contributed by atoms with Crippen LogP contribution in [0.5, 0.6) is 0 Å². The Hall–Kier alpha value is -2.07. The summed E-state index contributed by atoms with van der Waals surface area (Å²) in [5, 5.41) is 12.4. The zero-order valence-electron chi connectivity index (χ0n) is 9.64. The summed E-state index contributed by atoms with van der Waals surface area (Å²) in [7, 11) is 0. The second kappa shape index (κ2) is 5.06. The normalized spacial score (nSPS) is 10.1. The highest BCUT2D eigenvalue weighted by Gasteiger charge is 2.05. The van der Waals surface area contributed by atoms with Crippen molar-refractivity contribution >= 4 is 29.1 Å². The van der Waals surface area contributed by atoms with Crippen molar-refractivity contribution < 1.29 is 9.90 Å². The quantitative estimate of drug-likeness (QED) is 0.889. The van der Waals surface area contributed by atoms with Crippen LogP contribution in [0.25, 0.3) is 0 Å². The Bertz CT molecular complexity index is 582. The van der Waals surface area contributed by atoms with Gasteiger partial charge in [-0.3, -0.25) is 0 Å². The number of aryl methyl sites for hydroxylation is 1. The minimum absolute atomic E-state index is 0.149. The molecular formula is C13H11ClN2O2. The highest BCUT2D eigenvalue weighted by atomic mass is 35.5. The van der Waals surface area contributed by atoms with Gasteiger partial charge in [0.05, 0.1) is 16.3 Å². The van der Waals surface area contributed by atoms with Gasteiger partial charge in [-0.15, -0.1) is 0 Å². The molecule has 2 aromatic rings. The van der Waals surface area contributed by atoms with Crippen molar-refractivity contribution in [3.05, 3.63) is 52.7 Å². The molecule has 0 aliphatic heterocycles. The number of carboxylic acids is 1. The van der Waals surface area contributed by atoms with Crippen molar-refractivity contribution in [1.29, 1.82) is 0 Å². The van der Waals surface area contributed by atoms with E-state index < -0.39 is 5.97 Å². The Kier molecular flexibility index (Phi) is 3.48. The molecule has 1 aromatic heterocycles. The standard InChI is InChI=1S/C13H11ClN2O2/c1-8-2-4-10(14)11(6-8)16-12-5-3-9(7-15-12)13(17)18/h2-7H,1H3,(H,15,16)(H,17,18). The predicted octanol–water partition coefficient (Wildman–Crippen LogP) is 3.49. The third kappa shape index (κ3) is 2.78. The van der Waals surface area contributed by atoms with Gasteiger partial charge in [0, 0.05) is 6.20 Å². The van der Waals surface area contributed by atoms with Crippen molar-refractivity contribution in [3.8, 4) is 0 Å². The Morgan fingerprint density at radius 2 is 2.11 bits per heavy atom. The number of hydrogen-bond donors (Lipinski definition) is 2. The van der Waals surface area contributed by atoms with Gasteiger partial charge in [-0.05, 0) is 36.8 Å². The van der Waals surface area contributed by atoms with Crippen molar-refractivity contribution in [2.75, 3.05) is 5.32 Å². The van der Waals surface area contributed by atoms with Crippen LogP contribution in [0.1, 0.15) is 15.9 Å². The largest absolute Gasteiger partial charge is 0.478 e. The van der Waals surface area contributed by atoms with Crippen molar-refractivity contribution in [2.24, 2.45) is 0 Å². The Labute approximate surface area is 109 Å². The zero-order chi connectivity index (χ0) is 13.1. The number of pyridine rings is 1. The van der Waals surface area contributed by atoms with Crippen molar-refractivity contribution in [2.45, 2.75) is 6.92 Å². The number of aromatic nitrogens is 1. The second-order valence-electron chi connectivity index (χ2n) is 3.85. The van der Waals surface area contributed by atoms with E-state index in [2.05, 4.69) is 10.3 Å². The maximum absolute atomic E-state index is 10.7. The Morgan fingerprint density at radius 3 is 2.72 bits per heavy atom. The summed E-state index contributed by atoms with van der Waals surface area (Å²) in [6.07, 6.45) is 1.30. The van der Waals surface area contributed by atoms with Gasteiger partial charge in [-0.2, -0.15) is 0 Å². The molecule has 0 amide bonds. The second-order valence-corrected chi connectivity index (χ2v) is 4.25. The van der Waals surface area contributed by atoms with Crippen molar-refractivity contribution in [3.63, 3.8) is 0 Å². The number of nitrogens with one attached hydrogen (secondary N) is 1. The average Bonchev–Trinajstić information content (AvgIpc) is 2.34. The van der Waals surface area contributed by atoms with Crippen LogP contribution in [-0.4, -0.2) is 16.1 Å². The molecule has 0 atom stereocenters. The van der Waals surface area contributed by atoms with Crippen LogP contribution in [0.3, 0.4) is 0 Å².